The summed E-state index contributed by atoms with van der Waals surface area (Å²) in [5.41, 5.74) is 6.25. The number of nitrogens with zero attached hydrogens (tertiary/aromatic N) is 4. The zero-order chi connectivity index (χ0) is 13.8. The second-order valence-corrected chi connectivity index (χ2v) is 4.69. The highest BCUT2D eigenvalue weighted by Crippen LogP contribution is 2.00. The molecule has 0 atom stereocenters. The fourth-order valence-corrected chi connectivity index (χ4v) is 1.87. The number of anilines is 1. The van der Waals surface area contributed by atoms with Crippen LogP contribution in [0, 0.1) is 0 Å². The number of rotatable bonds is 5. The zero-order valence-electron chi connectivity index (χ0n) is 11.3. The van der Waals surface area contributed by atoms with Gasteiger partial charge in [-0.1, -0.05) is 0 Å². The Morgan fingerprint density at radius 1 is 1.42 bits per heavy atom. The van der Waals surface area contributed by atoms with Gasteiger partial charge in [0.2, 0.25) is 0 Å². The lowest BCUT2D eigenvalue weighted by atomic mass is 10.4. The Kier molecular flexibility index (Phi) is 4.01. The molecule has 0 aliphatic heterocycles. The summed E-state index contributed by atoms with van der Waals surface area (Å²) in [6, 6.07) is 3.12. The normalized spacial score (nSPS) is 11.1. The molecule has 6 heteroatoms. The average Bonchev–Trinajstić information content (AvgIpc) is 2.76. The van der Waals surface area contributed by atoms with E-state index in [-0.39, 0.29) is 5.56 Å². The molecule has 102 valence electrons. The molecule has 0 radical (unpaired) electrons. The fraction of sp³-hybridized carbons (Fsp3) is 0.385. The van der Waals surface area contributed by atoms with Gasteiger partial charge in [-0.3, -0.25) is 9.69 Å². The van der Waals surface area contributed by atoms with Crippen LogP contribution in [-0.2, 0) is 20.1 Å². The van der Waals surface area contributed by atoms with Crippen molar-refractivity contribution in [2.24, 2.45) is 7.05 Å². The van der Waals surface area contributed by atoms with Crippen molar-refractivity contribution in [3.63, 3.8) is 0 Å². The first-order valence-corrected chi connectivity index (χ1v) is 6.17. The first kappa shape index (κ1) is 13.4. The largest absolute Gasteiger partial charge is 0.398 e. The van der Waals surface area contributed by atoms with Crippen LogP contribution in [0.4, 0.5) is 5.69 Å². The molecule has 2 N–H and O–H groups in total. The van der Waals surface area contributed by atoms with E-state index in [1.165, 1.54) is 6.07 Å². The van der Waals surface area contributed by atoms with Crippen molar-refractivity contribution >= 4 is 5.69 Å². The molecule has 0 saturated heterocycles. The topological polar surface area (TPSA) is 69.1 Å². The number of pyridine rings is 1. The highest BCUT2D eigenvalue weighted by atomic mass is 16.1. The zero-order valence-corrected chi connectivity index (χ0v) is 11.3. The van der Waals surface area contributed by atoms with E-state index in [0.29, 0.717) is 12.2 Å². The van der Waals surface area contributed by atoms with E-state index in [9.17, 15) is 4.79 Å². The van der Waals surface area contributed by atoms with E-state index >= 15 is 0 Å². The van der Waals surface area contributed by atoms with Crippen LogP contribution in [0.2, 0.25) is 0 Å². The van der Waals surface area contributed by atoms with Gasteiger partial charge in [-0.05, 0) is 13.1 Å². The number of aromatic nitrogens is 3. The molecule has 0 fully saturated rings. The molecule has 0 aliphatic rings. The Balaban J connectivity index is 1.93. The first-order chi connectivity index (χ1) is 9.06. The Bertz CT molecular complexity index is 601. The standard InChI is InChI=1S/C13H19N5O/c1-16(10-12-15-5-6-17(12)2)7-8-18-9-11(14)3-4-13(18)19/h3-6,9H,7-8,10,14H2,1-2H3. The third-order valence-electron chi connectivity index (χ3n) is 3.06. The number of imidazole rings is 1. The molecular weight excluding hydrogens is 242 g/mol. The van der Waals surface area contributed by atoms with Crippen molar-refractivity contribution in [3.8, 4) is 0 Å². The molecule has 2 heterocycles. The maximum atomic E-state index is 11.6. The number of hydrogen-bond acceptors (Lipinski definition) is 4. The number of aryl methyl sites for hydroxylation is 1. The maximum Gasteiger partial charge on any atom is 0.250 e. The van der Waals surface area contributed by atoms with Gasteiger partial charge in [0.05, 0.1) is 6.54 Å². The average molecular weight is 261 g/mol. The molecule has 0 saturated carbocycles. The Morgan fingerprint density at radius 2 is 2.21 bits per heavy atom. The summed E-state index contributed by atoms with van der Waals surface area (Å²) in [4.78, 5) is 18.0. The minimum absolute atomic E-state index is 0.0282. The van der Waals surface area contributed by atoms with E-state index in [0.717, 1.165) is 18.9 Å². The summed E-state index contributed by atoms with van der Waals surface area (Å²) < 4.78 is 3.62. The van der Waals surface area contributed by atoms with Crippen molar-refractivity contribution in [3.05, 3.63) is 46.9 Å². The third kappa shape index (κ3) is 3.45. The highest BCUT2D eigenvalue weighted by molar-refractivity contribution is 5.33. The molecule has 0 unspecified atom stereocenters. The lowest BCUT2D eigenvalue weighted by Crippen LogP contribution is -2.28. The van der Waals surface area contributed by atoms with Gasteiger partial charge in [0.15, 0.2) is 0 Å². The Hall–Kier alpha value is -2.08. The van der Waals surface area contributed by atoms with Gasteiger partial charge < -0.3 is 14.9 Å². The van der Waals surface area contributed by atoms with Gasteiger partial charge >= 0.3 is 0 Å². The van der Waals surface area contributed by atoms with Gasteiger partial charge in [0, 0.05) is 50.5 Å². The smallest absolute Gasteiger partial charge is 0.250 e. The quantitative estimate of drug-likeness (QED) is 0.840. The number of hydrogen-bond donors (Lipinski definition) is 1. The van der Waals surface area contributed by atoms with Crippen LogP contribution in [0.15, 0.2) is 35.5 Å². The van der Waals surface area contributed by atoms with Crippen LogP contribution in [0.1, 0.15) is 5.82 Å². The van der Waals surface area contributed by atoms with Crippen LogP contribution in [0.25, 0.3) is 0 Å². The minimum atomic E-state index is -0.0282. The molecule has 0 amide bonds. The molecule has 0 aromatic carbocycles. The van der Waals surface area contributed by atoms with E-state index in [2.05, 4.69) is 9.88 Å². The molecular formula is C13H19N5O. The van der Waals surface area contributed by atoms with Crippen molar-refractivity contribution in [1.29, 1.82) is 0 Å². The summed E-state index contributed by atoms with van der Waals surface area (Å²) in [7, 11) is 3.98. The maximum absolute atomic E-state index is 11.6. The van der Waals surface area contributed by atoms with Crippen molar-refractivity contribution in [2.45, 2.75) is 13.1 Å². The van der Waals surface area contributed by atoms with E-state index in [1.807, 2.05) is 24.9 Å². The molecule has 19 heavy (non-hydrogen) atoms. The summed E-state index contributed by atoms with van der Waals surface area (Å²) in [5.74, 6) is 1.00. The lowest BCUT2D eigenvalue weighted by Gasteiger charge is -2.17. The van der Waals surface area contributed by atoms with Crippen molar-refractivity contribution in [2.75, 3.05) is 19.3 Å². The van der Waals surface area contributed by atoms with Crippen molar-refractivity contribution in [1.82, 2.24) is 19.0 Å². The minimum Gasteiger partial charge on any atom is -0.398 e. The summed E-state index contributed by atoms with van der Waals surface area (Å²) in [6.45, 7) is 2.13. The first-order valence-electron chi connectivity index (χ1n) is 6.17. The third-order valence-corrected chi connectivity index (χ3v) is 3.06. The van der Waals surface area contributed by atoms with Crippen molar-refractivity contribution < 1.29 is 0 Å². The predicted molar refractivity (Wildman–Crippen MR) is 74.7 cm³/mol. The Labute approximate surface area is 112 Å². The molecule has 2 aromatic heterocycles. The molecule has 2 rings (SSSR count). The molecule has 6 nitrogen and oxygen atoms in total. The van der Waals surface area contributed by atoms with Gasteiger partial charge in [0.1, 0.15) is 5.82 Å². The molecule has 0 aliphatic carbocycles. The number of likely N-dealkylation sites (N-methyl/N-ethyl adjacent to an activating group) is 1. The molecule has 0 bridgehead atoms. The summed E-state index contributed by atoms with van der Waals surface area (Å²) >= 11 is 0. The lowest BCUT2D eigenvalue weighted by molar-refractivity contribution is 0.299. The van der Waals surface area contributed by atoms with Gasteiger partial charge in [-0.25, -0.2) is 4.98 Å². The van der Waals surface area contributed by atoms with Crippen LogP contribution < -0.4 is 11.3 Å². The predicted octanol–water partition coefficient (Wildman–Crippen LogP) is 0.296. The summed E-state index contributed by atoms with van der Waals surface area (Å²) in [5, 5.41) is 0. The molecule has 0 spiro atoms. The van der Waals surface area contributed by atoms with Crippen LogP contribution in [0.5, 0.6) is 0 Å². The molecule has 2 aromatic rings. The van der Waals surface area contributed by atoms with E-state index in [4.69, 9.17) is 5.73 Å². The monoisotopic (exact) mass is 261 g/mol. The fourth-order valence-electron chi connectivity index (χ4n) is 1.87. The second-order valence-electron chi connectivity index (χ2n) is 4.69. The van der Waals surface area contributed by atoms with Gasteiger partial charge in [-0.2, -0.15) is 0 Å². The second kappa shape index (κ2) is 5.71. The SMILES string of the molecule is CN(CCn1cc(N)ccc1=O)Cc1nccn1C. The number of nitrogens with two attached hydrogens (primary N) is 1. The van der Waals surface area contributed by atoms with Gasteiger partial charge in [0.25, 0.3) is 5.56 Å². The summed E-state index contributed by atoms with van der Waals surface area (Å²) in [6.07, 6.45) is 5.38. The van der Waals surface area contributed by atoms with E-state index in [1.54, 1.807) is 23.0 Å². The van der Waals surface area contributed by atoms with Crippen LogP contribution in [-0.4, -0.2) is 32.6 Å². The number of nitrogen functional groups attached to an aromatic ring is 1. The highest BCUT2D eigenvalue weighted by Gasteiger charge is 2.05. The van der Waals surface area contributed by atoms with Gasteiger partial charge in [-0.15, -0.1) is 0 Å². The van der Waals surface area contributed by atoms with E-state index < -0.39 is 0 Å². The Morgan fingerprint density at radius 3 is 2.89 bits per heavy atom. The van der Waals surface area contributed by atoms with Crippen LogP contribution >= 0.6 is 0 Å². The van der Waals surface area contributed by atoms with Crippen LogP contribution in [0.3, 0.4) is 0 Å².